The van der Waals surface area contributed by atoms with Crippen LogP contribution in [0.3, 0.4) is 0 Å². The highest BCUT2D eigenvalue weighted by Crippen LogP contribution is 1.82. The molecule has 1 heterocycles. The highest BCUT2D eigenvalue weighted by atomic mass is 16.7. The van der Waals surface area contributed by atoms with Crippen LogP contribution in [0.4, 0.5) is 0 Å². The van der Waals surface area contributed by atoms with Crippen LogP contribution in [0.25, 0.3) is 0 Å². The van der Waals surface area contributed by atoms with E-state index in [4.69, 9.17) is 5.73 Å². The number of hydrogen-bond acceptors (Lipinski definition) is 3. The molecule has 0 aromatic carbocycles. The standard InChI is InChI=1S/C2H4N3O/c3-2-1-6-5-4-2/h1,3-5H. The van der Waals surface area contributed by atoms with Crippen molar-refractivity contribution in [2.75, 3.05) is 0 Å². The first-order valence-electron chi connectivity index (χ1n) is 1.48. The molecular formula is C2H4N3O. The van der Waals surface area contributed by atoms with Crippen LogP contribution >= 0.6 is 0 Å². The van der Waals surface area contributed by atoms with Crippen molar-refractivity contribution in [2.24, 2.45) is 0 Å². The van der Waals surface area contributed by atoms with E-state index in [2.05, 4.69) is 15.9 Å². The van der Waals surface area contributed by atoms with Gasteiger partial charge in [-0.15, -0.1) is 0 Å². The summed E-state index contributed by atoms with van der Waals surface area (Å²) in [6.45, 7) is 0. The Labute approximate surface area is 34.9 Å². The fraction of sp³-hybridized carbons (Fsp3) is 0. The van der Waals surface area contributed by atoms with Crippen molar-refractivity contribution in [3.8, 4) is 0 Å². The lowest BCUT2D eigenvalue weighted by atomic mass is 10.8. The second kappa shape index (κ2) is 1.06. The maximum absolute atomic E-state index is 6.69. The Kier molecular flexibility index (Phi) is 0.582. The number of hydrogen-bond donors (Lipinski definition) is 2. The van der Waals surface area contributed by atoms with Gasteiger partial charge in [0.05, 0.1) is 0 Å². The second-order valence-electron chi connectivity index (χ2n) is 0.876. The van der Waals surface area contributed by atoms with Crippen LogP contribution in [0, 0.1) is 0 Å². The van der Waals surface area contributed by atoms with Crippen molar-refractivity contribution in [1.82, 2.24) is 16.7 Å². The number of rotatable bonds is 0. The van der Waals surface area contributed by atoms with Gasteiger partial charge in [-0.1, -0.05) is 5.59 Å². The van der Waals surface area contributed by atoms with Gasteiger partial charge in [0.25, 0.3) is 0 Å². The van der Waals surface area contributed by atoms with Gasteiger partial charge in [0.15, 0.2) is 12.1 Å². The predicted molar refractivity (Wildman–Crippen MR) is 18.5 cm³/mol. The first-order valence-corrected chi connectivity index (χ1v) is 1.48. The molecule has 6 heavy (non-hydrogen) atoms. The lowest BCUT2D eigenvalue weighted by Gasteiger charge is -1.87. The molecule has 0 aromatic heterocycles. The van der Waals surface area contributed by atoms with Gasteiger partial charge < -0.3 is 4.84 Å². The van der Waals surface area contributed by atoms with Crippen molar-refractivity contribution >= 4 is 0 Å². The Morgan fingerprint density at radius 2 is 2.67 bits per heavy atom. The first kappa shape index (κ1) is 3.30. The molecule has 0 aliphatic carbocycles. The maximum Gasteiger partial charge on any atom is 0.173 e. The highest BCUT2D eigenvalue weighted by Gasteiger charge is 1.93. The van der Waals surface area contributed by atoms with Crippen molar-refractivity contribution in [2.45, 2.75) is 0 Å². The van der Waals surface area contributed by atoms with Gasteiger partial charge in [-0.3, -0.25) is 11.2 Å². The van der Waals surface area contributed by atoms with Gasteiger partial charge >= 0.3 is 0 Å². The van der Waals surface area contributed by atoms with E-state index in [9.17, 15) is 0 Å². The summed E-state index contributed by atoms with van der Waals surface area (Å²) in [6, 6.07) is 0. The zero-order valence-electron chi connectivity index (χ0n) is 2.99. The molecule has 1 aliphatic rings. The van der Waals surface area contributed by atoms with Crippen molar-refractivity contribution in [1.29, 1.82) is 0 Å². The summed E-state index contributed by atoms with van der Waals surface area (Å²) in [4.78, 5) is 4.35. The van der Waals surface area contributed by atoms with Crippen LogP contribution in [-0.4, -0.2) is 0 Å². The fourth-order valence-electron chi connectivity index (χ4n) is 0.202. The molecule has 0 aromatic rings. The minimum atomic E-state index is 0.245. The van der Waals surface area contributed by atoms with E-state index in [0.29, 0.717) is 0 Å². The smallest absolute Gasteiger partial charge is 0.173 e. The van der Waals surface area contributed by atoms with E-state index in [1.807, 2.05) is 0 Å². The van der Waals surface area contributed by atoms with E-state index in [1.165, 1.54) is 6.26 Å². The number of hydrazine groups is 1. The SMILES string of the molecule is [NH]C1=CONN1. The fourth-order valence-corrected chi connectivity index (χ4v) is 0.202. The summed E-state index contributed by atoms with van der Waals surface area (Å²) in [6.07, 6.45) is 1.26. The average Bonchev–Trinajstić information content (AvgIpc) is 1.86. The minimum Gasteiger partial charge on any atom is -0.393 e. The van der Waals surface area contributed by atoms with Gasteiger partial charge in [-0.2, -0.15) is 0 Å². The second-order valence-corrected chi connectivity index (χ2v) is 0.876. The van der Waals surface area contributed by atoms with Gasteiger partial charge in [-0.05, 0) is 0 Å². The summed E-state index contributed by atoms with van der Waals surface area (Å²) >= 11 is 0. The molecule has 1 rings (SSSR count). The van der Waals surface area contributed by atoms with E-state index >= 15 is 0 Å². The van der Waals surface area contributed by atoms with Crippen molar-refractivity contribution in [3.05, 3.63) is 12.1 Å². The molecule has 0 atom stereocenters. The molecule has 0 bridgehead atoms. The molecule has 0 amide bonds. The van der Waals surface area contributed by atoms with Crippen LogP contribution in [-0.2, 0) is 4.84 Å². The largest absolute Gasteiger partial charge is 0.393 e. The molecule has 4 nitrogen and oxygen atoms in total. The number of nitrogens with one attached hydrogen (secondary N) is 3. The monoisotopic (exact) mass is 86.0 g/mol. The quantitative estimate of drug-likeness (QED) is 0.402. The summed E-state index contributed by atoms with van der Waals surface area (Å²) in [5.74, 6) is 0.245. The summed E-state index contributed by atoms with van der Waals surface area (Å²) in [7, 11) is 0. The Morgan fingerprint density at radius 1 is 1.83 bits per heavy atom. The van der Waals surface area contributed by atoms with Crippen LogP contribution < -0.4 is 16.7 Å². The molecule has 0 spiro atoms. The third-order valence-corrected chi connectivity index (χ3v) is 0.421. The maximum atomic E-state index is 6.69. The summed E-state index contributed by atoms with van der Waals surface area (Å²) < 4.78 is 0. The summed E-state index contributed by atoms with van der Waals surface area (Å²) in [5.41, 5.74) is 11.3. The van der Waals surface area contributed by atoms with Gasteiger partial charge in [0.1, 0.15) is 0 Å². The topological polar surface area (TPSA) is 57.1 Å². The predicted octanol–water partition coefficient (Wildman–Crippen LogP) is -0.892. The van der Waals surface area contributed by atoms with Crippen LogP contribution in [0.1, 0.15) is 0 Å². The highest BCUT2D eigenvalue weighted by molar-refractivity contribution is 4.86. The van der Waals surface area contributed by atoms with Crippen molar-refractivity contribution < 1.29 is 4.84 Å². The Balaban J connectivity index is 2.45. The molecule has 0 saturated carbocycles. The molecular weight excluding hydrogens is 82.0 g/mol. The van der Waals surface area contributed by atoms with E-state index < -0.39 is 0 Å². The molecule has 0 unspecified atom stereocenters. The normalized spacial score (nSPS) is 18.3. The lowest BCUT2D eigenvalue weighted by Crippen LogP contribution is -2.22. The van der Waals surface area contributed by atoms with Crippen LogP contribution in [0.5, 0.6) is 0 Å². The van der Waals surface area contributed by atoms with E-state index in [-0.39, 0.29) is 5.82 Å². The lowest BCUT2D eigenvalue weighted by molar-refractivity contribution is 0.137. The molecule has 33 valence electrons. The van der Waals surface area contributed by atoms with E-state index in [0.717, 1.165) is 0 Å². The third kappa shape index (κ3) is 0.367. The third-order valence-electron chi connectivity index (χ3n) is 0.421. The molecule has 3 N–H and O–H groups in total. The molecule has 4 heteroatoms. The Morgan fingerprint density at radius 3 is 2.83 bits per heavy atom. The zero-order chi connectivity index (χ0) is 4.41. The molecule has 1 aliphatic heterocycles. The van der Waals surface area contributed by atoms with Gasteiger partial charge in [0, 0.05) is 0 Å². The van der Waals surface area contributed by atoms with Crippen molar-refractivity contribution in [3.63, 3.8) is 0 Å². The molecule has 0 fully saturated rings. The Hall–Kier alpha value is -0.900. The van der Waals surface area contributed by atoms with Gasteiger partial charge in [0.2, 0.25) is 0 Å². The molecule has 0 saturated heterocycles. The molecule has 1 radical (unpaired) electrons. The van der Waals surface area contributed by atoms with Crippen LogP contribution in [0.2, 0.25) is 0 Å². The Bertz CT molecular complexity index is 78.9. The summed E-state index contributed by atoms with van der Waals surface area (Å²) in [5, 5.41) is 0. The first-order chi connectivity index (χ1) is 2.89. The van der Waals surface area contributed by atoms with Gasteiger partial charge in [-0.25, -0.2) is 0 Å². The van der Waals surface area contributed by atoms with Crippen LogP contribution in [0.15, 0.2) is 12.1 Å². The minimum absolute atomic E-state index is 0.245. The van der Waals surface area contributed by atoms with E-state index in [1.54, 1.807) is 0 Å². The average molecular weight is 86.1 g/mol. The zero-order valence-corrected chi connectivity index (χ0v) is 2.99.